The third-order valence-corrected chi connectivity index (χ3v) is 10.0. The molecule has 2 N–H and O–H groups in total. The van der Waals surface area contributed by atoms with Crippen LogP contribution in [-0.4, -0.2) is 100 Å². The molecule has 0 radical (unpaired) electrons. The lowest BCUT2D eigenvalue weighted by Crippen LogP contribution is -2.48. The van der Waals surface area contributed by atoms with E-state index in [0.717, 1.165) is 13.1 Å². The molecule has 0 bridgehead atoms. The standard InChI is InChI=1S/C36H40F2N10O5/c1-5-44-19-24(32(50)22-15-25(37)31(17-28(22)44)48-13-11-46(12-14-48)21(3)49)34-41-42-36(53-34)40-35(52)39-27-20-45(6-2)29-18-30(26(38)16-23(29)33(27)51)47-9-7-43(4)8-10-47/h15-20H,5-14H2,1-4H3,(H2,39,40,42,52). The lowest BCUT2D eigenvalue weighted by Gasteiger charge is -2.36. The molecule has 3 aromatic heterocycles. The topological polar surface area (TPSA) is 154 Å². The number of carbonyl (C=O) groups is 2. The lowest BCUT2D eigenvalue weighted by molar-refractivity contribution is -0.129. The van der Waals surface area contributed by atoms with E-state index < -0.39 is 28.5 Å². The van der Waals surface area contributed by atoms with Crippen LogP contribution in [-0.2, 0) is 17.9 Å². The molecule has 2 aliphatic heterocycles. The van der Waals surface area contributed by atoms with Gasteiger partial charge in [-0.1, -0.05) is 5.10 Å². The van der Waals surface area contributed by atoms with Gasteiger partial charge in [0.25, 0.3) is 5.89 Å². The fourth-order valence-electron chi connectivity index (χ4n) is 6.99. The molecule has 5 heterocycles. The first-order chi connectivity index (χ1) is 25.4. The monoisotopic (exact) mass is 730 g/mol. The Balaban J connectivity index is 1.11. The number of nitrogens with zero attached hydrogens (tertiary/aromatic N) is 8. The maximum Gasteiger partial charge on any atom is 0.327 e. The second-order valence-electron chi connectivity index (χ2n) is 13.2. The molecule has 2 aliphatic rings. The number of amides is 3. The number of benzene rings is 2. The fourth-order valence-corrected chi connectivity index (χ4v) is 6.99. The summed E-state index contributed by atoms with van der Waals surface area (Å²) in [4.78, 5) is 59.6. The van der Waals surface area contributed by atoms with Crippen molar-refractivity contribution in [3.8, 4) is 11.5 Å². The molecule has 278 valence electrons. The van der Waals surface area contributed by atoms with E-state index in [0.29, 0.717) is 74.8 Å². The highest BCUT2D eigenvalue weighted by molar-refractivity contribution is 6.00. The average Bonchev–Trinajstić information content (AvgIpc) is 3.61. The van der Waals surface area contributed by atoms with Crippen molar-refractivity contribution in [2.75, 3.05) is 79.8 Å². The van der Waals surface area contributed by atoms with Gasteiger partial charge < -0.3 is 38.5 Å². The lowest BCUT2D eigenvalue weighted by atomic mass is 10.1. The van der Waals surface area contributed by atoms with Crippen LogP contribution in [0.3, 0.4) is 0 Å². The normalized spacial score (nSPS) is 15.4. The minimum atomic E-state index is -0.878. The highest BCUT2D eigenvalue weighted by Gasteiger charge is 2.25. The number of rotatable bonds is 7. The van der Waals surface area contributed by atoms with Gasteiger partial charge in [0, 0.05) is 90.2 Å². The van der Waals surface area contributed by atoms with Crippen molar-refractivity contribution in [1.82, 2.24) is 29.1 Å². The molecule has 3 amide bonds. The van der Waals surface area contributed by atoms with Gasteiger partial charge in [0.2, 0.25) is 16.8 Å². The minimum absolute atomic E-state index is 0.000798. The van der Waals surface area contributed by atoms with Crippen LogP contribution in [0.1, 0.15) is 20.8 Å². The third-order valence-electron chi connectivity index (χ3n) is 10.0. The van der Waals surface area contributed by atoms with E-state index in [4.69, 9.17) is 4.42 Å². The van der Waals surface area contributed by atoms with Crippen molar-refractivity contribution in [2.45, 2.75) is 33.9 Å². The number of likely N-dealkylation sites (N-methyl/N-ethyl adjacent to an activating group) is 1. The molecule has 2 saturated heterocycles. The SMILES string of the molecule is CCn1cc(NC(=O)Nc2nnc(-c3cn(CC)c4cc(N5CCN(C(C)=O)CC5)c(F)cc4c3=O)o2)c(=O)c2cc(F)c(N3CCN(C)CC3)cc21. The van der Waals surface area contributed by atoms with Gasteiger partial charge in [0.1, 0.15) is 22.9 Å². The second-order valence-corrected chi connectivity index (χ2v) is 13.2. The van der Waals surface area contributed by atoms with Gasteiger partial charge in [-0.2, -0.15) is 0 Å². The van der Waals surface area contributed by atoms with Gasteiger partial charge in [-0.05, 0) is 45.2 Å². The van der Waals surface area contributed by atoms with E-state index in [1.807, 2.05) is 30.7 Å². The van der Waals surface area contributed by atoms with E-state index in [2.05, 4.69) is 25.7 Å². The van der Waals surface area contributed by atoms with Gasteiger partial charge in [0.15, 0.2) is 0 Å². The molecule has 0 atom stereocenters. The van der Waals surface area contributed by atoms with E-state index >= 15 is 8.78 Å². The van der Waals surface area contributed by atoms with Crippen LogP contribution in [0.5, 0.6) is 0 Å². The molecule has 0 saturated carbocycles. The zero-order valence-electron chi connectivity index (χ0n) is 29.9. The predicted octanol–water partition coefficient (Wildman–Crippen LogP) is 3.75. The van der Waals surface area contributed by atoms with Crippen molar-refractivity contribution in [2.24, 2.45) is 0 Å². The number of urea groups is 1. The van der Waals surface area contributed by atoms with E-state index in [1.54, 1.807) is 26.2 Å². The summed E-state index contributed by atoms with van der Waals surface area (Å²) >= 11 is 0. The van der Waals surface area contributed by atoms with Crippen molar-refractivity contribution in [3.05, 3.63) is 68.7 Å². The molecule has 0 spiro atoms. The molecule has 2 aromatic carbocycles. The van der Waals surface area contributed by atoms with Gasteiger partial charge in [-0.15, -0.1) is 5.10 Å². The molecule has 0 unspecified atom stereocenters. The predicted molar refractivity (Wildman–Crippen MR) is 198 cm³/mol. The van der Waals surface area contributed by atoms with E-state index in [9.17, 15) is 19.2 Å². The third kappa shape index (κ3) is 6.79. The molecule has 17 heteroatoms. The Morgan fingerprint density at radius 1 is 0.755 bits per heavy atom. The number of piperazine rings is 2. The highest BCUT2D eigenvalue weighted by atomic mass is 19.1. The Kier molecular flexibility index (Phi) is 9.59. The van der Waals surface area contributed by atoms with E-state index in [1.165, 1.54) is 31.5 Å². The first-order valence-electron chi connectivity index (χ1n) is 17.5. The number of pyridine rings is 2. The van der Waals surface area contributed by atoms with Crippen LogP contribution >= 0.6 is 0 Å². The smallest absolute Gasteiger partial charge is 0.327 e. The summed E-state index contributed by atoms with van der Waals surface area (Å²) in [6.07, 6.45) is 3.03. The Morgan fingerprint density at radius 2 is 1.30 bits per heavy atom. The van der Waals surface area contributed by atoms with Gasteiger partial charge in [0.05, 0.1) is 27.8 Å². The van der Waals surface area contributed by atoms with Crippen molar-refractivity contribution in [3.63, 3.8) is 0 Å². The summed E-state index contributed by atoms with van der Waals surface area (Å²) in [7, 11) is 2.01. The summed E-state index contributed by atoms with van der Waals surface area (Å²) in [5.41, 5.74) is 0.597. The summed E-state index contributed by atoms with van der Waals surface area (Å²) < 4.78 is 40.0. The minimum Gasteiger partial charge on any atom is -0.403 e. The number of carbonyl (C=O) groups excluding carboxylic acids is 2. The average molecular weight is 731 g/mol. The zero-order chi connectivity index (χ0) is 37.6. The van der Waals surface area contributed by atoms with Crippen LogP contribution in [0.15, 0.2) is 50.7 Å². The van der Waals surface area contributed by atoms with Crippen molar-refractivity contribution < 1.29 is 22.8 Å². The summed E-state index contributed by atoms with van der Waals surface area (Å²) in [5.74, 6) is -1.34. The number of hydrogen-bond donors (Lipinski definition) is 2. The number of hydrogen-bond acceptors (Lipinski definition) is 10. The molecule has 53 heavy (non-hydrogen) atoms. The molecule has 0 aliphatic carbocycles. The quantitative estimate of drug-likeness (QED) is 0.253. The highest BCUT2D eigenvalue weighted by Crippen LogP contribution is 2.29. The maximum absolute atomic E-state index is 15.5. The first-order valence-corrected chi connectivity index (χ1v) is 17.5. The Morgan fingerprint density at radius 3 is 1.87 bits per heavy atom. The largest absolute Gasteiger partial charge is 0.403 e. The molecular weight excluding hydrogens is 690 g/mol. The van der Waals surface area contributed by atoms with Crippen LogP contribution in [0.25, 0.3) is 33.3 Å². The molecule has 15 nitrogen and oxygen atoms in total. The van der Waals surface area contributed by atoms with Crippen molar-refractivity contribution >= 4 is 56.8 Å². The second kappa shape index (κ2) is 14.3. The van der Waals surface area contributed by atoms with Crippen LogP contribution in [0, 0.1) is 11.6 Å². The number of anilines is 4. The van der Waals surface area contributed by atoms with Gasteiger partial charge in [-0.3, -0.25) is 19.7 Å². The zero-order valence-corrected chi connectivity index (χ0v) is 29.9. The van der Waals surface area contributed by atoms with Crippen LogP contribution in [0.4, 0.5) is 36.7 Å². The number of fused-ring (bicyclic) bond motifs is 2. The number of aromatic nitrogens is 4. The molecule has 2 fully saturated rings. The van der Waals surface area contributed by atoms with Crippen LogP contribution in [0.2, 0.25) is 0 Å². The summed E-state index contributed by atoms with van der Waals surface area (Å²) in [6, 6.07) is 4.47. The fraction of sp³-hybridized carbons (Fsp3) is 0.389. The summed E-state index contributed by atoms with van der Waals surface area (Å²) in [5, 5.41) is 12.9. The number of nitrogens with one attached hydrogen (secondary N) is 2. The van der Waals surface area contributed by atoms with E-state index in [-0.39, 0.29) is 39.8 Å². The Hall–Kier alpha value is -5.84. The van der Waals surface area contributed by atoms with Crippen molar-refractivity contribution in [1.29, 1.82) is 0 Å². The van der Waals surface area contributed by atoms with Crippen LogP contribution < -0.4 is 31.3 Å². The molecule has 5 aromatic rings. The Labute approximate surface area is 302 Å². The Bertz CT molecular complexity index is 2360. The number of halogens is 2. The number of aryl methyl sites for hydroxylation is 2. The first kappa shape index (κ1) is 35.6. The molecular formula is C36H40F2N10O5. The maximum atomic E-state index is 15.5. The van der Waals surface area contributed by atoms with Gasteiger partial charge in [-0.25, -0.2) is 13.6 Å². The molecule has 7 rings (SSSR count). The van der Waals surface area contributed by atoms with Gasteiger partial charge >= 0.3 is 12.0 Å². The summed E-state index contributed by atoms with van der Waals surface area (Å²) in [6.45, 7) is 10.9.